The molecule has 0 N–H and O–H groups in total. The molecule has 128 valence electrons. The molecule has 0 bridgehead atoms. The van der Waals surface area contributed by atoms with E-state index >= 15 is 0 Å². The molecule has 0 aliphatic carbocycles. The summed E-state index contributed by atoms with van der Waals surface area (Å²) in [6.07, 6.45) is 1.76. The van der Waals surface area contributed by atoms with E-state index in [9.17, 15) is 0 Å². The number of piperazine rings is 1. The summed E-state index contributed by atoms with van der Waals surface area (Å²) in [5.74, 6) is 2.32. The minimum Gasteiger partial charge on any atom is -0.492 e. The Morgan fingerprint density at radius 2 is 1.79 bits per heavy atom. The first kappa shape index (κ1) is 16.5. The summed E-state index contributed by atoms with van der Waals surface area (Å²) in [6.45, 7) is 8.02. The molecule has 1 fully saturated rings. The molecule has 2 heterocycles. The maximum atomic E-state index is 5.77. The standard InChI is InChI=1S/C18H24N4O2/c1-2-23-17-8-9-19-18(20-17)22-12-10-21(11-13-22)14-15-24-16-6-4-3-5-7-16/h3-9H,2,10-15H2,1H3. The molecule has 3 rings (SSSR count). The molecule has 1 aromatic heterocycles. The third-order valence-corrected chi connectivity index (χ3v) is 3.98. The number of hydrogen-bond donors (Lipinski definition) is 0. The average Bonchev–Trinajstić information content (AvgIpc) is 2.64. The SMILES string of the molecule is CCOc1ccnc(N2CCN(CCOc3ccccc3)CC2)n1. The molecule has 0 unspecified atom stereocenters. The van der Waals surface area contributed by atoms with E-state index in [0.29, 0.717) is 19.1 Å². The lowest BCUT2D eigenvalue weighted by atomic mass is 10.3. The third-order valence-electron chi connectivity index (χ3n) is 3.98. The average molecular weight is 328 g/mol. The molecule has 1 aromatic carbocycles. The highest BCUT2D eigenvalue weighted by atomic mass is 16.5. The second-order valence-corrected chi connectivity index (χ2v) is 5.62. The van der Waals surface area contributed by atoms with Crippen LogP contribution >= 0.6 is 0 Å². The summed E-state index contributed by atoms with van der Waals surface area (Å²) in [5, 5.41) is 0. The molecular formula is C18H24N4O2. The van der Waals surface area contributed by atoms with Crippen LogP contribution in [0.2, 0.25) is 0 Å². The number of para-hydroxylation sites is 1. The Kier molecular flexibility index (Phi) is 5.85. The van der Waals surface area contributed by atoms with Gasteiger partial charge in [-0.1, -0.05) is 18.2 Å². The molecular weight excluding hydrogens is 304 g/mol. The summed E-state index contributed by atoms with van der Waals surface area (Å²) >= 11 is 0. The van der Waals surface area contributed by atoms with Gasteiger partial charge < -0.3 is 14.4 Å². The molecule has 1 aliphatic heterocycles. The van der Waals surface area contributed by atoms with Crippen molar-refractivity contribution in [2.75, 3.05) is 50.8 Å². The summed E-state index contributed by atoms with van der Waals surface area (Å²) in [5.41, 5.74) is 0. The molecule has 0 spiro atoms. The van der Waals surface area contributed by atoms with Gasteiger partial charge in [0.2, 0.25) is 11.8 Å². The predicted octanol–water partition coefficient (Wildman–Crippen LogP) is 2.08. The van der Waals surface area contributed by atoms with Crippen LogP contribution in [0.5, 0.6) is 11.6 Å². The van der Waals surface area contributed by atoms with Gasteiger partial charge in [-0.3, -0.25) is 4.90 Å². The Bertz CT molecular complexity index is 615. The molecule has 0 amide bonds. The van der Waals surface area contributed by atoms with Gasteiger partial charge in [0.1, 0.15) is 12.4 Å². The summed E-state index contributed by atoms with van der Waals surface area (Å²) < 4.78 is 11.2. The van der Waals surface area contributed by atoms with Gasteiger partial charge in [-0.15, -0.1) is 0 Å². The predicted molar refractivity (Wildman–Crippen MR) is 93.8 cm³/mol. The van der Waals surface area contributed by atoms with E-state index in [1.165, 1.54) is 0 Å². The smallest absolute Gasteiger partial charge is 0.228 e. The van der Waals surface area contributed by atoms with Crippen molar-refractivity contribution in [2.45, 2.75) is 6.92 Å². The number of ether oxygens (including phenoxy) is 2. The highest BCUT2D eigenvalue weighted by Gasteiger charge is 2.19. The number of benzene rings is 1. The molecule has 0 atom stereocenters. The van der Waals surface area contributed by atoms with Crippen molar-refractivity contribution in [3.63, 3.8) is 0 Å². The van der Waals surface area contributed by atoms with Crippen LogP contribution in [0.25, 0.3) is 0 Å². The quantitative estimate of drug-likeness (QED) is 0.776. The highest BCUT2D eigenvalue weighted by Crippen LogP contribution is 2.15. The minimum absolute atomic E-state index is 0.617. The maximum Gasteiger partial charge on any atom is 0.228 e. The second-order valence-electron chi connectivity index (χ2n) is 5.62. The molecule has 0 saturated carbocycles. The largest absolute Gasteiger partial charge is 0.492 e. The number of rotatable bonds is 7. The highest BCUT2D eigenvalue weighted by molar-refractivity contribution is 5.32. The van der Waals surface area contributed by atoms with Gasteiger partial charge in [0.15, 0.2) is 0 Å². The summed E-state index contributed by atoms with van der Waals surface area (Å²) in [4.78, 5) is 13.4. The first-order valence-corrected chi connectivity index (χ1v) is 8.46. The Labute approximate surface area is 143 Å². The Morgan fingerprint density at radius 1 is 1.00 bits per heavy atom. The zero-order valence-electron chi connectivity index (χ0n) is 14.1. The number of anilines is 1. The lowest BCUT2D eigenvalue weighted by molar-refractivity contribution is 0.200. The molecule has 6 heteroatoms. The maximum absolute atomic E-state index is 5.77. The van der Waals surface area contributed by atoms with E-state index in [0.717, 1.165) is 44.4 Å². The van der Waals surface area contributed by atoms with Gasteiger partial charge in [0, 0.05) is 45.0 Å². The molecule has 1 saturated heterocycles. The molecule has 1 aliphatic rings. The van der Waals surface area contributed by atoms with Gasteiger partial charge in [-0.2, -0.15) is 4.98 Å². The molecule has 0 radical (unpaired) electrons. The van der Waals surface area contributed by atoms with Crippen LogP contribution in [0.4, 0.5) is 5.95 Å². The monoisotopic (exact) mass is 328 g/mol. The number of hydrogen-bond acceptors (Lipinski definition) is 6. The van der Waals surface area contributed by atoms with E-state index in [-0.39, 0.29) is 0 Å². The van der Waals surface area contributed by atoms with Crippen LogP contribution in [0.15, 0.2) is 42.6 Å². The van der Waals surface area contributed by atoms with E-state index < -0.39 is 0 Å². The lowest BCUT2D eigenvalue weighted by Gasteiger charge is -2.34. The zero-order chi connectivity index (χ0) is 16.6. The third kappa shape index (κ3) is 4.58. The van der Waals surface area contributed by atoms with Crippen LogP contribution in [-0.4, -0.2) is 60.8 Å². The van der Waals surface area contributed by atoms with Crippen LogP contribution in [0.1, 0.15) is 6.92 Å². The van der Waals surface area contributed by atoms with Gasteiger partial charge >= 0.3 is 0 Å². The van der Waals surface area contributed by atoms with Crippen molar-refractivity contribution in [3.8, 4) is 11.6 Å². The van der Waals surface area contributed by atoms with Crippen molar-refractivity contribution in [3.05, 3.63) is 42.6 Å². The molecule has 2 aromatic rings. The number of nitrogens with zero attached hydrogens (tertiary/aromatic N) is 4. The van der Waals surface area contributed by atoms with E-state index in [4.69, 9.17) is 9.47 Å². The van der Waals surface area contributed by atoms with Gasteiger partial charge in [0.05, 0.1) is 6.61 Å². The second kappa shape index (κ2) is 8.49. The first-order valence-electron chi connectivity index (χ1n) is 8.46. The molecule has 6 nitrogen and oxygen atoms in total. The Hall–Kier alpha value is -2.34. The van der Waals surface area contributed by atoms with Crippen LogP contribution in [0.3, 0.4) is 0 Å². The Balaban J connectivity index is 1.43. The van der Waals surface area contributed by atoms with Crippen molar-refractivity contribution in [1.29, 1.82) is 0 Å². The van der Waals surface area contributed by atoms with Crippen molar-refractivity contribution >= 4 is 5.95 Å². The number of aromatic nitrogens is 2. The fourth-order valence-corrected chi connectivity index (χ4v) is 2.69. The fraction of sp³-hybridized carbons (Fsp3) is 0.444. The zero-order valence-corrected chi connectivity index (χ0v) is 14.1. The van der Waals surface area contributed by atoms with Crippen molar-refractivity contribution in [1.82, 2.24) is 14.9 Å². The van der Waals surface area contributed by atoms with Gasteiger partial charge in [0.25, 0.3) is 0 Å². The van der Waals surface area contributed by atoms with Gasteiger partial charge in [-0.25, -0.2) is 4.98 Å². The topological polar surface area (TPSA) is 50.7 Å². The van der Waals surface area contributed by atoms with Crippen LogP contribution in [0, 0.1) is 0 Å². The summed E-state index contributed by atoms with van der Waals surface area (Å²) in [6, 6.07) is 11.7. The fourth-order valence-electron chi connectivity index (χ4n) is 2.69. The van der Waals surface area contributed by atoms with E-state index in [1.807, 2.05) is 37.3 Å². The summed E-state index contributed by atoms with van der Waals surface area (Å²) in [7, 11) is 0. The van der Waals surface area contributed by atoms with Crippen molar-refractivity contribution < 1.29 is 9.47 Å². The Morgan fingerprint density at radius 3 is 2.54 bits per heavy atom. The van der Waals surface area contributed by atoms with Crippen molar-refractivity contribution in [2.24, 2.45) is 0 Å². The van der Waals surface area contributed by atoms with Crippen LogP contribution < -0.4 is 14.4 Å². The molecule has 24 heavy (non-hydrogen) atoms. The minimum atomic E-state index is 0.617. The van der Waals surface area contributed by atoms with Gasteiger partial charge in [-0.05, 0) is 19.1 Å². The van der Waals surface area contributed by atoms with E-state index in [2.05, 4.69) is 19.8 Å². The first-order chi connectivity index (χ1) is 11.8. The lowest BCUT2D eigenvalue weighted by Crippen LogP contribution is -2.48. The normalized spacial score (nSPS) is 15.3. The van der Waals surface area contributed by atoms with Crippen LogP contribution in [-0.2, 0) is 0 Å². The van der Waals surface area contributed by atoms with E-state index in [1.54, 1.807) is 12.3 Å².